The molecule has 0 fully saturated rings. The van der Waals surface area contributed by atoms with Crippen molar-refractivity contribution >= 4 is 27.4 Å². The van der Waals surface area contributed by atoms with Crippen LogP contribution in [0.5, 0.6) is 0 Å². The Bertz CT molecular complexity index is 672. The van der Waals surface area contributed by atoms with E-state index in [9.17, 15) is 8.42 Å². The van der Waals surface area contributed by atoms with Gasteiger partial charge in [0, 0.05) is 11.6 Å². The summed E-state index contributed by atoms with van der Waals surface area (Å²) >= 11 is 5.72. The van der Waals surface area contributed by atoms with Crippen LogP contribution in [0.1, 0.15) is 5.69 Å². The monoisotopic (exact) mass is 297 g/mol. The first-order valence-corrected chi connectivity index (χ1v) is 7.32. The van der Waals surface area contributed by atoms with Crippen molar-refractivity contribution in [1.82, 2.24) is 4.98 Å². The highest BCUT2D eigenvalue weighted by molar-refractivity contribution is 7.92. The van der Waals surface area contributed by atoms with Crippen molar-refractivity contribution in [2.75, 3.05) is 4.72 Å². The van der Waals surface area contributed by atoms with E-state index in [1.54, 1.807) is 18.2 Å². The molecule has 7 heteroatoms. The number of anilines is 1. The van der Waals surface area contributed by atoms with E-state index in [0.717, 1.165) is 0 Å². The molecule has 0 aliphatic carbocycles. The van der Waals surface area contributed by atoms with Crippen LogP contribution in [-0.2, 0) is 16.6 Å². The average molecular weight is 298 g/mol. The molecule has 3 N–H and O–H groups in total. The quantitative estimate of drug-likeness (QED) is 0.904. The van der Waals surface area contributed by atoms with Crippen molar-refractivity contribution < 1.29 is 8.42 Å². The maximum absolute atomic E-state index is 12.1. The Hall–Kier alpha value is -1.63. The fraction of sp³-hybridized carbons (Fsp3) is 0.0833. The highest BCUT2D eigenvalue weighted by Gasteiger charge is 2.14. The largest absolute Gasteiger partial charge is 0.325 e. The SMILES string of the molecule is NCc1cccc(NS(=O)(=O)c2ccc(Cl)cc2)n1. The lowest BCUT2D eigenvalue weighted by Gasteiger charge is -2.08. The Kier molecular flexibility index (Phi) is 4.04. The van der Waals surface area contributed by atoms with Crippen LogP contribution >= 0.6 is 11.6 Å². The molecule has 1 aromatic heterocycles. The van der Waals surface area contributed by atoms with Gasteiger partial charge in [-0.05, 0) is 36.4 Å². The highest BCUT2D eigenvalue weighted by atomic mass is 35.5. The van der Waals surface area contributed by atoms with Crippen molar-refractivity contribution in [2.45, 2.75) is 11.4 Å². The summed E-state index contributed by atoms with van der Waals surface area (Å²) in [4.78, 5) is 4.20. The number of nitrogens with two attached hydrogens (primary N) is 1. The molecule has 19 heavy (non-hydrogen) atoms. The van der Waals surface area contributed by atoms with Crippen molar-refractivity contribution in [3.63, 3.8) is 0 Å². The Morgan fingerprint density at radius 3 is 2.47 bits per heavy atom. The first-order valence-electron chi connectivity index (χ1n) is 5.45. The molecule has 2 aromatic rings. The standard InChI is InChI=1S/C12H12ClN3O2S/c13-9-4-6-11(7-5-9)19(17,18)16-12-3-1-2-10(8-14)15-12/h1-7H,8,14H2,(H,15,16). The number of hydrogen-bond donors (Lipinski definition) is 2. The van der Waals surface area contributed by atoms with Crippen molar-refractivity contribution in [1.29, 1.82) is 0 Å². The maximum atomic E-state index is 12.1. The summed E-state index contributed by atoms with van der Waals surface area (Å²) in [5, 5.41) is 0.474. The van der Waals surface area contributed by atoms with Gasteiger partial charge in [0.05, 0.1) is 10.6 Å². The molecule has 0 saturated heterocycles. The molecule has 1 aromatic carbocycles. The lowest BCUT2D eigenvalue weighted by molar-refractivity contribution is 0.601. The number of halogens is 1. The molecule has 0 spiro atoms. The third-order valence-corrected chi connectivity index (χ3v) is 4.00. The Labute approximate surface area is 116 Å². The van der Waals surface area contributed by atoms with Crippen LogP contribution in [0.4, 0.5) is 5.82 Å². The van der Waals surface area contributed by atoms with Gasteiger partial charge in [0.2, 0.25) is 0 Å². The van der Waals surface area contributed by atoms with Crippen molar-refractivity contribution in [2.24, 2.45) is 5.73 Å². The number of sulfonamides is 1. The molecule has 0 bridgehead atoms. The number of rotatable bonds is 4. The average Bonchev–Trinajstić information content (AvgIpc) is 2.39. The fourth-order valence-electron chi connectivity index (χ4n) is 1.46. The van der Waals surface area contributed by atoms with Gasteiger partial charge in [-0.1, -0.05) is 17.7 Å². The zero-order chi connectivity index (χ0) is 13.9. The lowest BCUT2D eigenvalue weighted by atomic mass is 10.3. The molecule has 0 aliphatic rings. The molecular weight excluding hydrogens is 286 g/mol. The minimum atomic E-state index is -3.67. The Balaban J connectivity index is 2.28. The van der Waals surface area contributed by atoms with Crippen LogP contribution in [-0.4, -0.2) is 13.4 Å². The van der Waals surface area contributed by atoms with Gasteiger partial charge in [0.15, 0.2) is 0 Å². The topological polar surface area (TPSA) is 85.1 Å². The van der Waals surface area contributed by atoms with Gasteiger partial charge in [-0.3, -0.25) is 4.72 Å². The first kappa shape index (κ1) is 13.8. The van der Waals surface area contributed by atoms with Crippen molar-refractivity contribution in [3.8, 4) is 0 Å². The van der Waals surface area contributed by atoms with Crippen LogP contribution in [0.15, 0.2) is 47.4 Å². The predicted octanol–water partition coefficient (Wildman–Crippen LogP) is 1.99. The van der Waals surface area contributed by atoms with Gasteiger partial charge in [0.25, 0.3) is 10.0 Å². The van der Waals surface area contributed by atoms with Gasteiger partial charge in [-0.15, -0.1) is 0 Å². The van der Waals surface area contributed by atoms with E-state index in [4.69, 9.17) is 17.3 Å². The summed E-state index contributed by atoms with van der Waals surface area (Å²) in [5.74, 6) is 0.234. The molecule has 0 radical (unpaired) electrons. The van der Waals surface area contributed by atoms with E-state index in [2.05, 4.69) is 9.71 Å². The molecule has 1 heterocycles. The third kappa shape index (κ3) is 3.44. The van der Waals surface area contributed by atoms with E-state index >= 15 is 0 Å². The molecule has 0 unspecified atom stereocenters. The maximum Gasteiger partial charge on any atom is 0.263 e. The number of nitrogens with zero attached hydrogens (tertiary/aromatic N) is 1. The second-order valence-electron chi connectivity index (χ2n) is 3.78. The molecule has 0 saturated carbocycles. The minimum Gasteiger partial charge on any atom is -0.325 e. The van der Waals surface area contributed by atoms with Gasteiger partial charge in [0.1, 0.15) is 5.82 Å². The van der Waals surface area contributed by atoms with Gasteiger partial charge in [-0.25, -0.2) is 13.4 Å². The van der Waals surface area contributed by atoms with Gasteiger partial charge < -0.3 is 5.73 Å². The molecule has 5 nitrogen and oxygen atoms in total. The zero-order valence-electron chi connectivity index (χ0n) is 9.88. The smallest absolute Gasteiger partial charge is 0.263 e. The predicted molar refractivity (Wildman–Crippen MR) is 74.4 cm³/mol. The van der Waals surface area contributed by atoms with E-state index in [1.807, 2.05) is 0 Å². The number of pyridine rings is 1. The highest BCUT2D eigenvalue weighted by Crippen LogP contribution is 2.17. The van der Waals surface area contributed by atoms with Crippen molar-refractivity contribution in [3.05, 3.63) is 53.2 Å². The first-order chi connectivity index (χ1) is 9.01. The number of hydrogen-bond acceptors (Lipinski definition) is 4. The second kappa shape index (κ2) is 5.56. The fourth-order valence-corrected chi connectivity index (χ4v) is 2.59. The van der Waals surface area contributed by atoms with E-state index in [0.29, 0.717) is 10.7 Å². The van der Waals surface area contributed by atoms with Gasteiger partial charge in [-0.2, -0.15) is 0 Å². The van der Waals surface area contributed by atoms with Crippen LogP contribution in [0.3, 0.4) is 0 Å². The van der Waals surface area contributed by atoms with Crippen LogP contribution in [0.25, 0.3) is 0 Å². The van der Waals surface area contributed by atoms with Crippen LogP contribution < -0.4 is 10.5 Å². The van der Waals surface area contributed by atoms with Crippen LogP contribution in [0.2, 0.25) is 5.02 Å². The summed E-state index contributed by atoms with van der Waals surface area (Å²) in [6.07, 6.45) is 0. The van der Waals surface area contributed by atoms with Crippen LogP contribution in [0, 0.1) is 0 Å². The lowest BCUT2D eigenvalue weighted by Crippen LogP contribution is -2.14. The Morgan fingerprint density at radius 2 is 1.84 bits per heavy atom. The number of nitrogens with one attached hydrogen (secondary N) is 1. The summed E-state index contributed by atoms with van der Waals surface area (Å²) in [7, 11) is -3.67. The molecular formula is C12H12ClN3O2S. The number of aromatic nitrogens is 1. The van der Waals surface area contributed by atoms with E-state index in [-0.39, 0.29) is 17.3 Å². The summed E-state index contributed by atoms with van der Waals surface area (Å²) in [6.45, 7) is 0.247. The van der Waals surface area contributed by atoms with E-state index < -0.39 is 10.0 Å². The zero-order valence-corrected chi connectivity index (χ0v) is 11.4. The summed E-state index contributed by atoms with van der Waals surface area (Å²) < 4.78 is 26.6. The summed E-state index contributed by atoms with van der Waals surface area (Å²) in [5.41, 5.74) is 6.06. The third-order valence-electron chi connectivity index (χ3n) is 2.38. The molecule has 100 valence electrons. The Morgan fingerprint density at radius 1 is 1.16 bits per heavy atom. The second-order valence-corrected chi connectivity index (χ2v) is 5.90. The normalized spacial score (nSPS) is 11.3. The van der Waals surface area contributed by atoms with E-state index in [1.165, 1.54) is 24.3 Å². The molecule has 2 rings (SSSR count). The molecule has 0 amide bonds. The number of benzene rings is 1. The molecule has 0 aliphatic heterocycles. The van der Waals surface area contributed by atoms with Gasteiger partial charge >= 0.3 is 0 Å². The summed E-state index contributed by atoms with van der Waals surface area (Å²) in [6, 6.07) is 10.9. The molecule has 0 atom stereocenters. The minimum absolute atomic E-state index is 0.122.